The molecule has 1 aromatic heterocycles. The third-order valence-corrected chi connectivity index (χ3v) is 8.01. The molecule has 0 aliphatic carbocycles. The van der Waals surface area contributed by atoms with Gasteiger partial charge in [-0.3, -0.25) is 4.79 Å². The van der Waals surface area contributed by atoms with E-state index in [-0.39, 0.29) is 22.6 Å². The number of carbonyl (C=O) groups is 1. The van der Waals surface area contributed by atoms with Crippen LogP contribution in [0.15, 0.2) is 77.7 Å². The molecule has 0 unspecified atom stereocenters. The van der Waals surface area contributed by atoms with E-state index < -0.39 is 10.0 Å². The molecule has 0 radical (unpaired) electrons. The molecule has 194 valence electrons. The number of sulfonamides is 1. The average molecular weight is 529 g/mol. The summed E-state index contributed by atoms with van der Waals surface area (Å²) >= 11 is 0. The van der Waals surface area contributed by atoms with E-state index in [1.54, 1.807) is 23.1 Å². The zero-order valence-corrected chi connectivity index (χ0v) is 22.2. The number of nitrogens with zero attached hydrogens (tertiary/aromatic N) is 3. The van der Waals surface area contributed by atoms with Gasteiger partial charge in [-0.1, -0.05) is 48.5 Å². The van der Waals surface area contributed by atoms with Gasteiger partial charge < -0.3 is 9.64 Å². The molecule has 4 aromatic rings. The smallest absolute Gasteiger partial charge is 0.264 e. The van der Waals surface area contributed by atoms with Crippen molar-refractivity contribution < 1.29 is 17.9 Å². The van der Waals surface area contributed by atoms with Crippen molar-refractivity contribution in [1.29, 1.82) is 0 Å². The Morgan fingerprint density at radius 1 is 0.921 bits per heavy atom. The van der Waals surface area contributed by atoms with Crippen molar-refractivity contribution in [3.8, 4) is 17.1 Å². The van der Waals surface area contributed by atoms with Crippen LogP contribution in [0, 0.1) is 13.8 Å². The van der Waals surface area contributed by atoms with Gasteiger partial charge in [-0.05, 0) is 60.7 Å². The number of hydrogen-bond acceptors (Lipinski definition) is 6. The maximum absolute atomic E-state index is 13.3. The number of benzene rings is 3. The Bertz CT molecular complexity index is 1620. The van der Waals surface area contributed by atoms with Gasteiger partial charge in [0.15, 0.2) is 0 Å². The van der Waals surface area contributed by atoms with Gasteiger partial charge in [0.1, 0.15) is 0 Å². The summed E-state index contributed by atoms with van der Waals surface area (Å²) in [6.45, 7) is 4.99. The van der Waals surface area contributed by atoms with E-state index in [1.165, 1.54) is 24.8 Å². The van der Waals surface area contributed by atoms with Crippen LogP contribution < -0.4 is 9.46 Å². The molecule has 38 heavy (non-hydrogen) atoms. The molecule has 1 N–H and O–H groups in total. The first kappa shape index (κ1) is 25.4. The highest BCUT2D eigenvalue weighted by atomic mass is 32.2. The molecule has 0 saturated carbocycles. The van der Waals surface area contributed by atoms with Crippen molar-refractivity contribution in [2.24, 2.45) is 0 Å². The van der Waals surface area contributed by atoms with Crippen molar-refractivity contribution in [1.82, 2.24) is 14.9 Å². The van der Waals surface area contributed by atoms with Crippen molar-refractivity contribution >= 4 is 21.9 Å². The number of amides is 1. The summed E-state index contributed by atoms with van der Waals surface area (Å²) < 4.78 is 34.5. The SMILES string of the molecule is COc1cc(-c2c(C)cccc2C)nc(NS(=O)(=O)c2cccc(C(=O)N3CCc4ccccc4C3)c2)n1. The molecule has 1 amide bonds. The van der Waals surface area contributed by atoms with E-state index >= 15 is 0 Å². The maximum atomic E-state index is 13.3. The van der Waals surface area contributed by atoms with E-state index in [2.05, 4.69) is 20.8 Å². The number of hydrogen-bond donors (Lipinski definition) is 1. The summed E-state index contributed by atoms with van der Waals surface area (Å²) in [7, 11) is -2.63. The molecule has 3 aromatic carbocycles. The zero-order valence-electron chi connectivity index (χ0n) is 21.4. The Morgan fingerprint density at radius 3 is 2.37 bits per heavy atom. The number of fused-ring (bicyclic) bond motifs is 1. The third kappa shape index (κ3) is 5.10. The number of aryl methyl sites for hydroxylation is 2. The third-order valence-electron chi connectivity index (χ3n) is 6.68. The standard InChI is InChI=1S/C29H28N4O4S/c1-19-8-6-9-20(2)27(19)25-17-26(37-3)31-29(30-25)32-38(35,36)24-13-7-12-22(16-24)28(34)33-15-14-21-10-4-5-11-23(21)18-33/h4-13,16-17H,14-15,18H2,1-3H3,(H,30,31,32). The molecule has 0 saturated heterocycles. The minimum absolute atomic E-state index is 0.0548. The fraction of sp³-hybridized carbons (Fsp3) is 0.207. The predicted molar refractivity (Wildman–Crippen MR) is 146 cm³/mol. The number of nitrogens with one attached hydrogen (secondary N) is 1. The first-order chi connectivity index (χ1) is 18.2. The number of aromatic nitrogens is 2. The summed E-state index contributed by atoms with van der Waals surface area (Å²) in [5, 5.41) is 0. The molecule has 0 spiro atoms. The lowest BCUT2D eigenvalue weighted by atomic mass is 9.99. The Labute approximate surface area is 222 Å². The lowest BCUT2D eigenvalue weighted by molar-refractivity contribution is 0.0734. The van der Waals surface area contributed by atoms with Gasteiger partial charge in [-0.2, -0.15) is 4.98 Å². The second-order valence-electron chi connectivity index (χ2n) is 9.26. The second-order valence-corrected chi connectivity index (χ2v) is 10.9. The van der Waals surface area contributed by atoms with E-state index in [0.717, 1.165) is 28.7 Å². The highest BCUT2D eigenvalue weighted by Crippen LogP contribution is 2.29. The van der Waals surface area contributed by atoms with Crippen molar-refractivity contribution in [2.75, 3.05) is 18.4 Å². The number of ether oxygens (including phenoxy) is 1. The van der Waals surface area contributed by atoms with E-state index in [9.17, 15) is 13.2 Å². The van der Waals surface area contributed by atoms with Crippen molar-refractivity contribution in [3.63, 3.8) is 0 Å². The number of anilines is 1. The van der Waals surface area contributed by atoms with Gasteiger partial charge in [0.2, 0.25) is 11.8 Å². The van der Waals surface area contributed by atoms with Crippen molar-refractivity contribution in [3.05, 3.63) is 101 Å². The van der Waals surface area contributed by atoms with Gasteiger partial charge in [0.25, 0.3) is 15.9 Å². The quantitative estimate of drug-likeness (QED) is 0.387. The highest BCUT2D eigenvalue weighted by molar-refractivity contribution is 7.92. The Hall–Kier alpha value is -4.24. The Kier molecular flexibility index (Phi) is 6.86. The van der Waals surface area contributed by atoms with Crippen LogP contribution in [-0.4, -0.2) is 42.8 Å². The van der Waals surface area contributed by atoms with Crippen LogP contribution >= 0.6 is 0 Å². The lowest BCUT2D eigenvalue weighted by Crippen LogP contribution is -2.36. The van der Waals surface area contributed by atoms with Crippen LogP contribution in [0.4, 0.5) is 5.95 Å². The molecule has 2 heterocycles. The lowest BCUT2D eigenvalue weighted by Gasteiger charge is -2.29. The van der Waals surface area contributed by atoms with Gasteiger partial charge in [-0.25, -0.2) is 18.1 Å². The molecular formula is C29H28N4O4S. The number of carbonyl (C=O) groups excluding carboxylic acids is 1. The predicted octanol–water partition coefficient (Wildman–Crippen LogP) is 4.77. The Balaban J connectivity index is 1.42. The first-order valence-electron chi connectivity index (χ1n) is 12.2. The van der Waals surface area contributed by atoms with E-state index in [4.69, 9.17) is 4.74 Å². The molecule has 1 aliphatic heterocycles. The zero-order chi connectivity index (χ0) is 26.9. The van der Waals surface area contributed by atoms with Crippen LogP contribution in [0.2, 0.25) is 0 Å². The molecule has 5 rings (SSSR count). The summed E-state index contributed by atoms with van der Waals surface area (Å²) in [4.78, 5) is 23.6. The van der Waals surface area contributed by atoms with Crippen LogP contribution in [0.1, 0.15) is 32.6 Å². The molecule has 0 fully saturated rings. The van der Waals surface area contributed by atoms with Gasteiger partial charge in [0.05, 0.1) is 17.7 Å². The molecule has 8 nitrogen and oxygen atoms in total. The number of methoxy groups -OCH3 is 1. The normalized spacial score (nSPS) is 13.1. The van der Waals surface area contributed by atoms with Crippen LogP contribution in [-0.2, 0) is 23.0 Å². The Morgan fingerprint density at radius 2 is 1.63 bits per heavy atom. The second kappa shape index (κ2) is 10.3. The number of rotatable bonds is 6. The summed E-state index contributed by atoms with van der Waals surface area (Å²) in [5.41, 5.74) is 6.04. The largest absolute Gasteiger partial charge is 0.481 e. The summed E-state index contributed by atoms with van der Waals surface area (Å²) in [6, 6.07) is 21.6. The fourth-order valence-electron chi connectivity index (χ4n) is 4.75. The molecule has 0 bridgehead atoms. The monoisotopic (exact) mass is 528 g/mol. The van der Waals surface area contributed by atoms with Gasteiger partial charge in [0, 0.05) is 30.3 Å². The highest BCUT2D eigenvalue weighted by Gasteiger charge is 2.24. The van der Waals surface area contributed by atoms with Gasteiger partial charge >= 0.3 is 0 Å². The molecular weight excluding hydrogens is 500 g/mol. The van der Waals surface area contributed by atoms with Crippen LogP contribution in [0.25, 0.3) is 11.3 Å². The maximum Gasteiger partial charge on any atom is 0.264 e. The molecule has 9 heteroatoms. The van der Waals surface area contributed by atoms with E-state index in [0.29, 0.717) is 24.3 Å². The minimum atomic E-state index is -4.09. The molecule has 1 aliphatic rings. The average Bonchev–Trinajstić information content (AvgIpc) is 2.92. The van der Waals surface area contributed by atoms with Crippen LogP contribution in [0.3, 0.4) is 0 Å². The summed E-state index contributed by atoms with van der Waals surface area (Å²) in [5.74, 6) is -0.109. The first-order valence-corrected chi connectivity index (χ1v) is 13.7. The van der Waals surface area contributed by atoms with Gasteiger partial charge in [-0.15, -0.1) is 0 Å². The minimum Gasteiger partial charge on any atom is -0.481 e. The topological polar surface area (TPSA) is 101 Å². The van der Waals surface area contributed by atoms with Crippen LogP contribution in [0.5, 0.6) is 5.88 Å². The molecule has 0 atom stereocenters. The summed E-state index contributed by atoms with van der Waals surface area (Å²) in [6.07, 6.45) is 0.761. The fourth-order valence-corrected chi connectivity index (χ4v) is 5.74. The van der Waals surface area contributed by atoms with Crippen molar-refractivity contribution in [2.45, 2.75) is 31.7 Å². The van der Waals surface area contributed by atoms with E-state index in [1.807, 2.05) is 50.2 Å².